The van der Waals surface area contributed by atoms with Crippen molar-refractivity contribution in [2.24, 2.45) is 0 Å². The molecule has 0 saturated heterocycles. The fraction of sp³-hybridized carbons (Fsp3) is 0.300. The Morgan fingerprint density at radius 3 is 2.46 bits per heavy atom. The van der Waals surface area contributed by atoms with Gasteiger partial charge in [-0.25, -0.2) is 0 Å². The fourth-order valence-corrected chi connectivity index (χ4v) is 2.74. The minimum absolute atomic E-state index is 0.197. The molecule has 0 bridgehead atoms. The second-order valence-corrected chi connectivity index (χ2v) is 6.36. The fourth-order valence-electron chi connectivity index (χ4n) is 2.55. The summed E-state index contributed by atoms with van der Waals surface area (Å²) < 4.78 is 5.56. The van der Waals surface area contributed by atoms with Crippen LogP contribution in [0.3, 0.4) is 0 Å². The number of ether oxygens (including phenoxy) is 1. The van der Waals surface area contributed by atoms with Crippen molar-refractivity contribution in [2.45, 2.75) is 26.4 Å². The van der Waals surface area contributed by atoms with Gasteiger partial charge in [-0.1, -0.05) is 48.0 Å². The first-order valence-corrected chi connectivity index (χ1v) is 8.74. The highest BCUT2D eigenvalue weighted by Gasteiger charge is 2.26. The quantitative estimate of drug-likeness (QED) is 0.809. The molecular formula is C20H23ClN2O3. The Labute approximate surface area is 158 Å². The smallest absolute Gasteiger partial charge is 0.261 e. The van der Waals surface area contributed by atoms with Crippen LogP contribution in [0.4, 0.5) is 0 Å². The number of nitrogens with one attached hydrogen (secondary N) is 1. The second kappa shape index (κ2) is 9.25. The first-order chi connectivity index (χ1) is 12.4. The van der Waals surface area contributed by atoms with E-state index in [4.69, 9.17) is 16.3 Å². The average Bonchev–Trinajstić information content (AvgIpc) is 2.65. The number of rotatable bonds is 7. The molecule has 1 unspecified atom stereocenters. The number of nitrogens with zero attached hydrogens (tertiary/aromatic N) is 1. The van der Waals surface area contributed by atoms with E-state index >= 15 is 0 Å². The maximum Gasteiger partial charge on any atom is 0.261 e. The van der Waals surface area contributed by atoms with Crippen LogP contribution in [-0.2, 0) is 16.1 Å². The number of halogens is 1. The van der Waals surface area contributed by atoms with Crippen molar-refractivity contribution in [1.29, 1.82) is 0 Å². The van der Waals surface area contributed by atoms with Gasteiger partial charge in [-0.15, -0.1) is 0 Å². The SMILES string of the molecule is CNC(=O)C(C)N(Cc1ccccc1C)C(=O)COc1ccccc1Cl. The van der Waals surface area contributed by atoms with E-state index in [0.717, 1.165) is 11.1 Å². The summed E-state index contributed by atoms with van der Waals surface area (Å²) in [5.41, 5.74) is 2.04. The Kier molecular flexibility index (Phi) is 7.04. The van der Waals surface area contributed by atoms with Crippen LogP contribution in [0.2, 0.25) is 5.02 Å². The van der Waals surface area contributed by atoms with Gasteiger partial charge in [0.1, 0.15) is 11.8 Å². The van der Waals surface area contributed by atoms with E-state index < -0.39 is 6.04 Å². The summed E-state index contributed by atoms with van der Waals surface area (Å²) in [6.07, 6.45) is 0. The molecule has 2 rings (SSSR count). The normalized spacial score (nSPS) is 11.5. The van der Waals surface area contributed by atoms with Gasteiger partial charge in [0, 0.05) is 13.6 Å². The van der Waals surface area contributed by atoms with Gasteiger partial charge in [0.2, 0.25) is 5.91 Å². The van der Waals surface area contributed by atoms with E-state index in [1.54, 1.807) is 38.2 Å². The van der Waals surface area contributed by atoms with Crippen LogP contribution in [0, 0.1) is 6.92 Å². The van der Waals surface area contributed by atoms with Gasteiger partial charge in [-0.3, -0.25) is 9.59 Å². The van der Waals surface area contributed by atoms with E-state index in [-0.39, 0.29) is 18.4 Å². The van der Waals surface area contributed by atoms with Gasteiger partial charge in [-0.2, -0.15) is 0 Å². The van der Waals surface area contributed by atoms with Crippen molar-refractivity contribution in [1.82, 2.24) is 10.2 Å². The molecule has 0 radical (unpaired) electrons. The van der Waals surface area contributed by atoms with Crippen LogP contribution < -0.4 is 10.1 Å². The molecule has 2 aromatic carbocycles. The third-order valence-electron chi connectivity index (χ3n) is 4.20. The molecule has 5 nitrogen and oxygen atoms in total. The van der Waals surface area contributed by atoms with Gasteiger partial charge < -0.3 is 15.0 Å². The topological polar surface area (TPSA) is 58.6 Å². The lowest BCUT2D eigenvalue weighted by molar-refractivity contribution is -0.142. The van der Waals surface area contributed by atoms with E-state index in [2.05, 4.69) is 5.32 Å². The predicted molar refractivity (Wildman–Crippen MR) is 102 cm³/mol. The lowest BCUT2D eigenvalue weighted by Gasteiger charge is -2.29. The van der Waals surface area contributed by atoms with Crippen LogP contribution in [0.15, 0.2) is 48.5 Å². The van der Waals surface area contributed by atoms with Crippen molar-refractivity contribution in [3.05, 3.63) is 64.7 Å². The van der Waals surface area contributed by atoms with Gasteiger partial charge >= 0.3 is 0 Å². The van der Waals surface area contributed by atoms with Crippen molar-refractivity contribution in [2.75, 3.05) is 13.7 Å². The highest BCUT2D eigenvalue weighted by atomic mass is 35.5. The van der Waals surface area contributed by atoms with Crippen LogP contribution in [-0.4, -0.2) is 36.4 Å². The van der Waals surface area contributed by atoms with Gasteiger partial charge in [-0.05, 0) is 37.1 Å². The zero-order chi connectivity index (χ0) is 19.1. The number of hydrogen-bond acceptors (Lipinski definition) is 3. The molecule has 26 heavy (non-hydrogen) atoms. The molecule has 0 aliphatic heterocycles. The van der Waals surface area contributed by atoms with E-state index in [1.807, 2.05) is 31.2 Å². The molecule has 0 fully saturated rings. The Hall–Kier alpha value is -2.53. The maximum absolute atomic E-state index is 12.8. The summed E-state index contributed by atoms with van der Waals surface area (Å²) >= 11 is 6.06. The maximum atomic E-state index is 12.8. The van der Waals surface area contributed by atoms with E-state index in [0.29, 0.717) is 17.3 Å². The molecule has 0 aliphatic carbocycles. The zero-order valence-electron chi connectivity index (χ0n) is 15.2. The van der Waals surface area contributed by atoms with Gasteiger partial charge in [0.05, 0.1) is 5.02 Å². The highest BCUT2D eigenvalue weighted by Crippen LogP contribution is 2.23. The molecule has 0 saturated carbocycles. The molecule has 0 heterocycles. The number of likely N-dealkylation sites (N-methyl/N-ethyl adjacent to an activating group) is 1. The second-order valence-electron chi connectivity index (χ2n) is 5.96. The Morgan fingerprint density at radius 2 is 1.81 bits per heavy atom. The van der Waals surface area contributed by atoms with E-state index in [9.17, 15) is 9.59 Å². The van der Waals surface area contributed by atoms with Gasteiger partial charge in [0.15, 0.2) is 6.61 Å². The monoisotopic (exact) mass is 374 g/mol. The van der Waals surface area contributed by atoms with Crippen LogP contribution in [0.25, 0.3) is 0 Å². The Morgan fingerprint density at radius 1 is 1.15 bits per heavy atom. The minimum atomic E-state index is -0.623. The molecule has 0 aromatic heterocycles. The third kappa shape index (κ3) is 4.99. The van der Waals surface area contributed by atoms with Crippen LogP contribution in [0.1, 0.15) is 18.1 Å². The summed E-state index contributed by atoms with van der Waals surface area (Å²) in [6.45, 7) is 3.80. The number of hydrogen-bond donors (Lipinski definition) is 1. The number of amides is 2. The predicted octanol–water partition coefficient (Wildman–Crippen LogP) is 3.19. The summed E-state index contributed by atoms with van der Waals surface area (Å²) in [5, 5.41) is 3.02. The molecule has 2 amide bonds. The number of benzene rings is 2. The molecular weight excluding hydrogens is 352 g/mol. The minimum Gasteiger partial charge on any atom is -0.482 e. The number of para-hydroxylation sites is 1. The van der Waals surface area contributed by atoms with Crippen LogP contribution in [0.5, 0.6) is 5.75 Å². The average molecular weight is 375 g/mol. The summed E-state index contributed by atoms with van der Waals surface area (Å²) in [5.74, 6) is -0.0834. The summed E-state index contributed by atoms with van der Waals surface area (Å²) in [7, 11) is 1.55. The number of carbonyl (C=O) groups is 2. The first kappa shape index (κ1) is 19.8. The third-order valence-corrected chi connectivity index (χ3v) is 4.52. The summed E-state index contributed by atoms with van der Waals surface area (Å²) in [4.78, 5) is 26.4. The lowest BCUT2D eigenvalue weighted by atomic mass is 10.1. The number of carbonyl (C=O) groups excluding carboxylic acids is 2. The highest BCUT2D eigenvalue weighted by molar-refractivity contribution is 6.32. The Bertz CT molecular complexity index is 779. The van der Waals surface area contributed by atoms with Crippen LogP contribution >= 0.6 is 11.6 Å². The van der Waals surface area contributed by atoms with E-state index in [1.165, 1.54) is 4.90 Å². The summed E-state index contributed by atoms with van der Waals surface area (Å²) in [6, 6.07) is 14.1. The van der Waals surface area contributed by atoms with Crippen molar-refractivity contribution in [3.63, 3.8) is 0 Å². The van der Waals surface area contributed by atoms with Crippen molar-refractivity contribution >= 4 is 23.4 Å². The molecule has 1 N–H and O–H groups in total. The molecule has 0 spiro atoms. The van der Waals surface area contributed by atoms with Crippen molar-refractivity contribution < 1.29 is 14.3 Å². The van der Waals surface area contributed by atoms with Gasteiger partial charge in [0.25, 0.3) is 5.91 Å². The molecule has 0 aliphatic rings. The lowest BCUT2D eigenvalue weighted by Crippen LogP contribution is -2.48. The standard InChI is InChI=1S/C20H23ClN2O3/c1-14-8-4-5-9-16(14)12-23(15(2)20(25)22-3)19(24)13-26-18-11-7-6-10-17(18)21/h4-11,15H,12-13H2,1-3H3,(H,22,25). The Balaban J connectivity index is 2.17. The molecule has 6 heteroatoms. The molecule has 138 valence electrons. The zero-order valence-corrected chi connectivity index (χ0v) is 15.9. The molecule has 1 atom stereocenters. The molecule has 2 aromatic rings. The first-order valence-electron chi connectivity index (χ1n) is 8.37. The van der Waals surface area contributed by atoms with Crippen molar-refractivity contribution in [3.8, 4) is 5.75 Å². The number of aryl methyl sites for hydroxylation is 1. The largest absolute Gasteiger partial charge is 0.482 e.